The number of anilines is 1. The van der Waals surface area contributed by atoms with Crippen LogP contribution in [0.25, 0.3) is 10.7 Å². The van der Waals surface area contributed by atoms with Crippen LogP contribution in [0.3, 0.4) is 0 Å². The van der Waals surface area contributed by atoms with Crippen molar-refractivity contribution in [2.45, 2.75) is 36.9 Å². The lowest BCUT2D eigenvalue weighted by Crippen LogP contribution is -2.44. The summed E-state index contributed by atoms with van der Waals surface area (Å²) < 4.78 is 28.7. The van der Waals surface area contributed by atoms with E-state index < -0.39 is 10.0 Å². The Morgan fingerprint density at radius 2 is 2.03 bits per heavy atom. The third-order valence-electron chi connectivity index (χ3n) is 6.48. The van der Waals surface area contributed by atoms with E-state index in [0.717, 1.165) is 46.9 Å². The maximum absolute atomic E-state index is 13.4. The van der Waals surface area contributed by atoms with Gasteiger partial charge in [-0.1, -0.05) is 6.07 Å². The smallest absolute Gasteiger partial charge is 0.253 e. The molecule has 1 amide bonds. The van der Waals surface area contributed by atoms with Crippen LogP contribution in [0.5, 0.6) is 0 Å². The second-order valence-corrected chi connectivity index (χ2v) is 12.6. The first-order chi connectivity index (χ1) is 16.4. The van der Waals surface area contributed by atoms with Gasteiger partial charge in [-0.3, -0.25) is 4.79 Å². The third kappa shape index (κ3) is 4.26. The number of nitrogens with one attached hydrogen (secondary N) is 1. The van der Waals surface area contributed by atoms with Gasteiger partial charge in [-0.25, -0.2) is 18.4 Å². The van der Waals surface area contributed by atoms with Crippen molar-refractivity contribution in [2.24, 2.45) is 5.92 Å². The number of piperidine rings is 1. The molecule has 180 valence electrons. The van der Waals surface area contributed by atoms with E-state index in [2.05, 4.69) is 10.2 Å². The SMILES string of the molecule is CNC(=O)[C@H]1CCCN(c2nc(-c3cccs3)nc3c2CCN(S(=O)(=O)c2sccc2C)C3)C1. The molecule has 0 bridgehead atoms. The first-order valence-electron chi connectivity index (χ1n) is 11.3. The Morgan fingerprint density at radius 1 is 1.18 bits per heavy atom. The van der Waals surface area contributed by atoms with Crippen LogP contribution in [0, 0.1) is 12.8 Å². The summed E-state index contributed by atoms with van der Waals surface area (Å²) in [6.45, 7) is 3.85. The summed E-state index contributed by atoms with van der Waals surface area (Å²) >= 11 is 2.82. The molecular weight excluding hydrogens is 490 g/mol. The zero-order chi connectivity index (χ0) is 23.9. The van der Waals surface area contributed by atoms with Crippen LogP contribution in [0.15, 0.2) is 33.2 Å². The predicted octanol–water partition coefficient (Wildman–Crippen LogP) is 3.28. The summed E-state index contributed by atoms with van der Waals surface area (Å²) in [6.07, 6.45) is 2.30. The molecule has 0 saturated carbocycles. The van der Waals surface area contributed by atoms with Crippen LogP contribution < -0.4 is 10.2 Å². The summed E-state index contributed by atoms with van der Waals surface area (Å²) in [5, 5.41) is 6.57. The van der Waals surface area contributed by atoms with Crippen molar-refractivity contribution < 1.29 is 13.2 Å². The molecule has 0 aromatic carbocycles. The monoisotopic (exact) mass is 517 g/mol. The highest BCUT2D eigenvalue weighted by Crippen LogP contribution is 2.35. The summed E-state index contributed by atoms with van der Waals surface area (Å²) in [5.41, 5.74) is 2.51. The van der Waals surface area contributed by atoms with Gasteiger partial charge >= 0.3 is 0 Å². The Hall–Kier alpha value is -2.34. The molecule has 34 heavy (non-hydrogen) atoms. The number of hydrogen-bond donors (Lipinski definition) is 1. The fourth-order valence-corrected chi connectivity index (χ4v) is 8.31. The Morgan fingerprint density at radius 3 is 2.74 bits per heavy atom. The van der Waals surface area contributed by atoms with Crippen molar-refractivity contribution in [1.82, 2.24) is 19.6 Å². The summed E-state index contributed by atoms with van der Waals surface area (Å²) in [5.74, 6) is 1.41. The van der Waals surface area contributed by atoms with Gasteiger partial charge in [0, 0.05) is 32.2 Å². The molecule has 11 heteroatoms. The minimum absolute atomic E-state index is 0.0506. The van der Waals surface area contributed by atoms with Crippen molar-refractivity contribution in [3.8, 4) is 10.7 Å². The maximum atomic E-state index is 13.4. The lowest BCUT2D eigenvalue weighted by Gasteiger charge is -2.36. The summed E-state index contributed by atoms with van der Waals surface area (Å²) in [4.78, 5) is 25.3. The quantitative estimate of drug-likeness (QED) is 0.558. The number of thiophene rings is 2. The lowest BCUT2D eigenvalue weighted by atomic mass is 9.96. The highest BCUT2D eigenvalue weighted by Gasteiger charge is 2.35. The first-order valence-corrected chi connectivity index (χ1v) is 14.5. The molecule has 2 aliphatic rings. The third-order valence-corrected chi connectivity index (χ3v) is 10.9. The van der Waals surface area contributed by atoms with Gasteiger partial charge in [0.1, 0.15) is 10.0 Å². The number of amides is 1. The van der Waals surface area contributed by atoms with E-state index in [9.17, 15) is 13.2 Å². The molecule has 3 aromatic heterocycles. The van der Waals surface area contributed by atoms with Crippen LogP contribution in [-0.2, 0) is 27.8 Å². The van der Waals surface area contributed by atoms with E-state index in [0.29, 0.717) is 29.5 Å². The van der Waals surface area contributed by atoms with Gasteiger partial charge in [-0.2, -0.15) is 4.31 Å². The second-order valence-electron chi connectivity index (χ2n) is 8.65. The molecule has 1 fully saturated rings. The lowest BCUT2D eigenvalue weighted by molar-refractivity contribution is -0.124. The Balaban J connectivity index is 1.54. The zero-order valence-electron chi connectivity index (χ0n) is 19.2. The van der Waals surface area contributed by atoms with E-state index in [1.807, 2.05) is 35.9 Å². The fourth-order valence-electron chi connectivity index (χ4n) is 4.70. The number of carbonyl (C=O) groups excluding carboxylic acids is 1. The van der Waals surface area contributed by atoms with Crippen molar-refractivity contribution >= 4 is 44.4 Å². The van der Waals surface area contributed by atoms with Gasteiger partial charge in [0.2, 0.25) is 5.91 Å². The highest BCUT2D eigenvalue weighted by atomic mass is 32.2. The molecule has 0 radical (unpaired) electrons. The number of carbonyl (C=O) groups is 1. The molecule has 8 nitrogen and oxygen atoms in total. The Bertz CT molecular complexity index is 1300. The molecule has 3 aromatic rings. The standard InChI is InChI=1S/C23H27N5O3S3/c1-15-8-12-33-23(15)34(30,31)28-10-7-17-18(14-28)25-20(19-6-4-11-32-19)26-21(17)27-9-3-5-16(13-27)22(29)24-2/h4,6,8,11-12,16H,3,5,7,9-10,13-14H2,1-2H3,(H,24,29)/t16-/m0/s1. The topological polar surface area (TPSA) is 95.5 Å². The summed E-state index contributed by atoms with van der Waals surface area (Å²) in [7, 11) is -1.92. The van der Waals surface area contributed by atoms with Gasteiger partial charge in [-0.15, -0.1) is 22.7 Å². The molecule has 1 atom stereocenters. The van der Waals surface area contributed by atoms with Crippen LogP contribution in [-0.4, -0.2) is 55.3 Å². The second kappa shape index (κ2) is 9.37. The minimum Gasteiger partial charge on any atom is -0.359 e. The van der Waals surface area contributed by atoms with Crippen molar-refractivity contribution in [1.29, 1.82) is 0 Å². The summed E-state index contributed by atoms with van der Waals surface area (Å²) in [6, 6.07) is 5.78. The van der Waals surface area contributed by atoms with E-state index >= 15 is 0 Å². The van der Waals surface area contributed by atoms with E-state index in [-0.39, 0.29) is 18.4 Å². The molecule has 0 spiro atoms. The van der Waals surface area contributed by atoms with Gasteiger partial charge in [0.05, 0.1) is 23.0 Å². The largest absolute Gasteiger partial charge is 0.359 e. The van der Waals surface area contributed by atoms with Gasteiger partial charge in [0.15, 0.2) is 5.82 Å². The zero-order valence-corrected chi connectivity index (χ0v) is 21.6. The van der Waals surface area contributed by atoms with Gasteiger partial charge in [-0.05, 0) is 54.6 Å². The van der Waals surface area contributed by atoms with Crippen LogP contribution in [0.2, 0.25) is 0 Å². The number of hydrogen-bond acceptors (Lipinski definition) is 8. The van der Waals surface area contributed by atoms with Gasteiger partial charge < -0.3 is 10.2 Å². The van der Waals surface area contributed by atoms with E-state index in [4.69, 9.17) is 9.97 Å². The van der Waals surface area contributed by atoms with Crippen molar-refractivity contribution in [2.75, 3.05) is 31.6 Å². The molecular formula is C23H27N5O3S3. The molecule has 1 saturated heterocycles. The number of rotatable bonds is 5. The minimum atomic E-state index is -3.59. The van der Waals surface area contributed by atoms with E-state index in [1.165, 1.54) is 15.6 Å². The molecule has 1 N–H and O–H groups in total. The normalized spacial score (nSPS) is 19.1. The van der Waals surface area contributed by atoms with Crippen molar-refractivity contribution in [3.05, 3.63) is 45.8 Å². The van der Waals surface area contributed by atoms with E-state index in [1.54, 1.807) is 18.4 Å². The van der Waals surface area contributed by atoms with Crippen LogP contribution in [0.4, 0.5) is 5.82 Å². The molecule has 5 heterocycles. The van der Waals surface area contributed by atoms with Gasteiger partial charge in [0.25, 0.3) is 10.0 Å². The highest BCUT2D eigenvalue weighted by molar-refractivity contribution is 7.91. The predicted molar refractivity (Wildman–Crippen MR) is 135 cm³/mol. The number of fused-ring (bicyclic) bond motifs is 1. The fraction of sp³-hybridized carbons (Fsp3) is 0.435. The molecule has 2 aliphatic heterocycles. The van der Waals surface area contributed by atoms with Crippen LogP contribution in [0.1, 0.15) is 29.7 Å². The average molecular weight is 518 g/mol. The van der Waals surface area contributed by atoms with Crippen LogP contribution >= 0.6 is 22.7 Å². The molecule has 0 unspecified atom stereocenters. The molecule has 5 rings (SSSR count). The van der Waals surface area contributed by atoms with Crippen molar-refractivity contribution in [3.63, 3.8) is 0 Å². The first kappa shape index (κ1) is 23.4. The molecule has 0 aliphatic carbocycles. The Labute approximate surface area is 207 Å². The Kier molecular flexibility index (Phi) is 6.45. The number of nitrogens with zero attached hydrogens (tertiary/aromatic N) is 4. The number of aromatic nitrogens is 2. The number of sulfonamides is 1. The average Bonchev–Trinajstić information content (AvgIpc) is 3.55. The number of aryl methyl sites for hydroxylation is 1. The maximum Gasteiger partial charge on any atom is 0.253 e.